The molecule has 3 heterocycles. The van der Waals surface area contributed by atoms with E-state index in [0.29, 0.717) is 12.4 Å². The van der Waals surface area contributed by atoms with E-state index in [1.54, 1.807) is 45.7 Å². The number of alkyl carbamates (subject to hydrolysis) is 1. The molecule has 0 aliphatic carbocycles. The van der Waals surface area contributed by atoms with Gasteiger partial charge in [0.1, 0.15) is 22.9 Å². The summed E-state index contributed by atoms with van der Waals surface area (Å²) in [6.45, 7) is 15.1. The van der Waals surface area contributed by atoms with Crippen LogP contribution in [0.3, 0.4) is 0 Å². The number of nitrogens with zero attached hydrogens (tertiary/aromatic N) is 3. The molecule has 3 N–H and O–H groups in total. The number of benzene rings is 2. The van der Waals surface area contributed by atoms with Crippen molar-refractivity contribution in [1.82, 2.24) is 25.5 Å². The van der Waals surface area contributed by atoms with E-state index in [1.807, 2.05) is 69.3 Å². The Hall–Kier alpha value is -4.67. The Balaban J connectivity index is 1.26. The number of H-pyrrole nitrogens is 1. The minimum Gasteiger partial charge on any atom is -0.444 e. The maximum Gasteiger partial charge on any atom is 0.410 e. The first kappa shape index (κ1) is 32.7. The van der Waals surface area contributed by atoms with E-state index >= 15 is 0 Å². The first-order valence-electron chi connectivity index (χ1n) is 15.7. The third-order valence-electron chi connectivity index (χ3n) is 7.94. The smallest absolute Gasteiger partial charge is 0.410 e. The number of aromatic nitrogens is 2. The Labute approximate surface area is 270 Å². The van der Waals surface area contributed by atoms with Crippen molar-refractivity contribution in [3.8, 4) is 22.4 Å². The minimum atomic E-state index is -1.13. The van der Waals surface area contributed by atoms with Gasteiger partial charge in [-0.25, -0.2) is 19.6 Å². The van der Waals surface area contributed by atoms with Crippen molar-refractivity contribution in [2.75, 3.05) is 6.54 Å². The molecule has 11 heteroatoms. The fourth-order valence-electron chi connectivity index (χ4n) is 5.58. The molecule has 2 aliphatic heterocycles. The van der Waals surface area contributed by atoms with E-state index in [2.05, 4.69) is 25.6 Å². The van der Waals surface area contributed by atoms with Crippen molar-refractivity contribution in [3.05, 3.63) is 66.1 Å². The van der Waals surface area contributed by atoms with Crippen molar-refractivity contribution in [1.29, 1.82) is 0 Å². The number of carbonyl (C=O) groups is 3. The van der Waals surface area contributed by atoms with E-state index < -0.39 is 28.9 Å². The lowest BCUT2D eigenvalue weighted by Gasteiger charge is -2.27. The van der Waals surface area contributed by atoms with Crippen molar-refractivity contribution in [2.24, 2.45) is 4.99 Å². The molecule has 3 amide bonds. The number of aliphatic imine (C=N–C) groups is 1. The van der Waals surface area contributed by atoms with Crippen LogP contribution in [0.15, 0.2) is 59.7 Å². The molecule has 5 rings (SSSR count). The highest BCUT2D eigenvalue weighted by Gasteiger charge is 2.42. The number of likely N-dealkylation sites (tertiary alicyclic amines) is 1. The molecule has 1 aromatic heterocycles. The van der Waals surface area contributed by atoms with Gasteiger partial charge in [0.05, 0.1) is 24.0 Å². The maximum atomic E-state index is 13.0. The number of imidazole rings is 1. The standard InChI is InChI=1S/C35H44N6O5/c1-21(37-31(43)45-33(2,3)4)28-39-30(42)35(8,40-28)25-17-15-23(16-18-25)22-11-13-24(14-12-22)26-20-36-29(38-26)27-10-9-19-41(27)32(44)46-34(5,6)7/h11-18,20-21,27H,9-10,19H2,1-8H3,(H,36,38)(H,37,43)(H,39,40,42)/t21-,27-,35?/m0/s1. The van der Waals surface area contributed by atoms with Crippen LogP contribution in [0, 0.1) is 0 Å². The molecule has 3 atom stereocenters. The van der Waals surface area contributed by atoms with Crippen molar-refractivity contribution in [3.63, 3.8) is 0 Å². The molecule has 0 saturated carbocycles. The van der Waals surface area contributed by atoms with Crippen LogP contribution in [0.1, 0.15) is 85.7 Å². The second kappa shape index (κ2) is 12.3. The molecule has 1 saturated heterocycles. The average Bonchev–Trinajstić information content (AvgIpc) is 3.71. The van der Waals surface area contributed by atoms with Gasteiger partial charge in [0, 0.05) is 6.54 Å². The minimum absolute atomic E-state index is 0.143. The number of carbonyl (C=O) groups excluding carboxylic acids is 3. The van der Waals surface area contributed by atoms with Gasteiger partial charge in [-0.1, -0.05) is 48.5 Å². The Bertz CT molecular complexity index is 1630. The molecule has 244 valence electrons. The average molecular weight is 629 g/mol. The van der Waals surface area contributed by atoms with Gasteiger partial charge in [-0.05, 0) is 90.5 Å². The fourth-order valence-corrected chi connectivity index (χ4v) is 5.58. The summed E-state index contributed by atoms with van der Waals surface area (Å²) in [4.78, 5) is 52.5. The van der Waals surface area contributed by atoms with Gasteiger partial charge in [-0.2, -0.15) is 0 Å². The Morgan fingerprint density at radius 2 is 1.54 bits per heavy atom. The second-order valence-electron chi connectivity index (χ2n) is 14.1. The van der Waals surface area contributed by atoms with Gasteiger partial charge < -0.3 is 25.1 Å². The molecule has 0 bridgehead atoms. The van der Waals surface area contributed by atoms with E-state index in [0.717, 1.165) is 46.6 Å². The van der Waals surface area contributed by atoms with Crippen LogP contribution in [0.2, 0.25) is 0 Å². The largest absolute Gasteiger partial charge is 0.444 e. The predicted molar refractivity (Wildman–Crippen MR) is 176 cm³/mol. The lowest BCUT2D eigenvalue weighted by atomic mass is 9.91. The monoisotopic (exact) mass is 628 g/mol. The fraction of sp³-hybridized carbons (Fsp3) is 0.457. The summed E-state index contributed by atoms with van der Waals surface area (Å²) in [6.07, 6.45) is 2.64. The summed E-state index contributed by atoms with van der Waals surface area (Å²) in [7, 11) is 0. The molecular formula is C35H44N6O5. The molecular weight excluding hydrogens is 584 g/mol. The molecule has 3 aromatic rings. The lowest BCUT2D eigenvalue weighted by Crippen LogP contribution is -2.46. The first-order chi connectivity index (χ1) is 21.5. The molecule has 2 aliphatic rings. The van der Waals surface area contributed by atoms with Crippen LogP contribution in [0.25, 0.3) is 22.4 Å². The third-order valence-corrected chi connectivity index (χ3v) is 7.94. The van der Waals surface area contributed by atoms with E-state index in [1.165, 1.54) is 0 Å². The third kappa shape index (κ3) is 7.24. The Morgan fingerprint density at radius 1 is 0.957 bits per heavy atom. The number of amides is 3. The molecule has 46 heavy (non-hydrogen) atoms. The van der Waals surface area contributed by atoms with Crippen LogP contribution >= 0.6 is 0 Å². The second-order valence-corrected chi connectivity index (χ2v) is 14.1. The molecule has 11 nitrogen and oxygen atoms in total. The van der Waals surface area contributed by atoms with Gasteiger partial charge in [-0.15, -0.1) is 0 Å². The first-order valence-corrected chi connectivity index (χ1v) is 15.7. The number of aromatic amines is 1. The van der Waals surface area contributed by atoms with Gasteiger partial charge in [-0.3, -0.25) is 9.69 Å². The predicted octanol–water partition coefficient (Wildman–Crippen LogP) is 6.47. The Morgan fingerprint density at radius 3 is 2.15 bits per heavy atom. The highest BCUT2D eigenvalue weighted by Crippen LogP contribution is 2.34. The maximum absolute atomic E-state index is 13.0. The quantitative estimate of drug-likeness (QED) is 0.286. The molecule has 2 aromatic carbocycles. The number of amidine groups is 1. The highest BCUT2D eigenvalue weighted by molar-refractivity contribution is 6.10. The number of hydrogen-bond donors (Lipinski definition) is 3. The summed E-state index contributed by atoms with van der Waals surface area (Å²) in [5.41, 5.74) is 2.28. The SMILES string of the molecule is C[C@H](NC(=O)OC(C)(C)C)C1=NC(C)(c2ccc(-c3ccc(-c4cnc([C@@H]5CCCN5C(=O)OC(C)(C)C)[nH]4)cc3)cc2)C(=O)N1. The summed E-state index contributed by atoms with van der Waals surface area (Å²) < 4.78 is 10.9. The van der Waals surface area contributed by atoms with Gasteiger partial charge in [0.25, 0.3) is 5.91 Å². The molecule has 1 unspecified atom stereocenters. The van der Waals surface area contributed by atoms with Gasteiger partial charge in [0.15, 0.2) is 5.54 Å². The molecule has 0 radical (unpaired) electrons. The topological polar surface area (TPSA) is 138 Å². The zero-order valence-corrected chi connectivity index (χ0v) is 27.9. The zero-order chi connectivity index (χ0) is 33.4. The highest BCUT2D eigenvalue weighted by atomic mass is 16.6. The number of nitrogens with one attached hydrogen (secondary N) is 3. The van der Waals surface area contributed by atoms with Crippen LogP contribution < -0.4 is 10.6 Å². The number of rotatable bonds is 6. The van der Waals surface area contributed by atoms with Crippen LogP contribution in [0.5, 0.6) is 0 Å². The van der Waals surface area contributed by atoms with E-state index in [4.69, 9.17) is 9.47 Å². The number of hydrogen-bond acceptors (Lipinski definition) is 7. The Kier molecular flexibility index (Phi) is 8.72. The lowest BCUT2D eigenvalue weighted by molar-refractivity contribution is -0.123. The number of ether oxygens (including phenoxy) is 2. The molecule has 0 spiro atoms. The van der Waals surface area contributed by atoms with Crippen LogP contribution in [-0.4, -0.2) is 62.6 Å². The van der Waals surface area contributed by atoms with Gasteiger partial charge >= 0.3 is 12.2 Å². The zero-order valence-electron chi connectivity index (χ0n) is 27.9. The summed E-state index contributed by atoms with van der Waals surface area (Å²) in [5, 5.41) is 5.55. The summed E-state index contributed by atoms with van der Waals surface area (Å²) >= 11 is 0. The van der Waals surface area contributed by atoms with E-state index in [9.17, 15) is 14.4 Å². The summed E-state index contributed by atoms with van der Waals surface area (Å²) in [5.74, 6) is 0.872. The van der Waals surface area contributed by atoms with Crippen molar-refractivity contribution < 1.29 is 23.9 Å². The molecule has 1 fully saturated rings. The van der Waals surface area contributed by atoms with Crippen molar-refractivity contribution in [2.45, 2.75) is 97.1 Å². The van der Waals surface area contributed by atoms with Gasteiger partial charge in [0.2, 0.25) is 0 Å². The summed E-state index contributed by atoms with van der Waals surface area (Å²) in [6, 6.07) is 15.2. The van der Waals surface area contributed by atoms with Crippen molar-refractivity contribution >= 4 is 23.9 Å². The normalized spacial score (nSPS) is 20.6. The van der Waals surface area contributed by atoms with Crippen LogP contribution in [0.4, 0.5) is 9.59 Å². The van der Waals surface area contributed by atoms with E-state index in [-0.39, 0.29) is 18.0 Å². The van der Waals surface area contributed by atoms with Crippen LogP contribution in [-0.2, 0) is 19.8 Å².